The highest BCUT2D eigenvalue weighted by molar-refractivity contribution is 7.89. The summed E-state index contributed by atoms with van der Waals surface area (Å²) >= 11 is 0. The Bertz CT molecular complexity index is 274. The minimum absolute atomic E-state index is 0.237. The van der Waals surface area contributed by atoms with E-state index in [1.165, 1.54) is 0 Å². The van der Waals surface area contributed by atoms with Gasteiger partial charge in [-0.15, -0.1) is 0 Å². The number of piperidine rings is 1. The van der Waals surface area contributed by atoms with Crippen molar-refractivity contribution in [2.45, 2.75) is 19.3 Å². The first kappa shape index (κ1) is 13.9. The number of methoxy groups -OCH3 is 1. The van der Waals surface area contributed by atoms with Crippen LogP contribution in [-0.2, 0) is 14.8 Å². The number of hydrogen-bond acceptors (Lipinski definition) is 4. The lowest BCUT2D eigenvalue weighted by molar-refractivity contribution is 0.204. The molecule has 0 aromatic rings. The van der Waals surface area contributed by atoms with E-state index in [0.29, 0.717) is 19.1 Å². The standard InChI is InChI=1S/C10H22N2O3S/c1-15-8-7-12-16(13,14)9-4-10-2-5-11-6-3-10/h10-12H,2-9H2,1H3. The number of sulfonamides is 1. The molecular weight excluding hydrogens is 228 g/mol. The Hall–Kier alpha value is -0.170. The number of hydrogen-bond donors (Lipinski definition) is 2. The highest BCUT2D eigenvalue weighted by Gasteiger charge is 2.17. The number of ether oxygens (including phenoxy) is 1. The van der Waals surface area contributed by atoms with Crippen molar-refractivity contribution >= 4 is 10.0 Å². The molecule has 0 bridgehead atoms. The fourth-order valence-electron chi connectivity index (χ4n) is 1.86. The van der Waals surface area contributed by atoms with Crippen LogP contribution in [0.2, 0.25) is 0 Å². The molecule has 0 aromatic carbocycles. The second-order valence-corrected chi connectivity index (χ2v) is 6.11. The van der Waals surface area contributed by atoms with Crippen molar-refractivity contribution in [2.24, 2.45) is 5.92 Å². The predicted molar refractivity (Wildman–Crippen MR) is 63.9 cm³/mol. The zero-order valence-corrected chi connectivity index (χ0v) is 10.7. The first-order valence-corrected chi connectivity index (χ1v) is 7.46. The molecule has 2 N–H and O–H groups in total. The largest absolute Gasteiger partial charge is 0.383 e. The third-order valence-electron chi connectivity index (χ3n) is 2.88. The quantitative estimate of drug-likeness (QED) is 0.621. The van der Waals surface area contributed by atoms with Crippen LogP contribution in [-0.4, -0.2) is 47.5 Å². The lowest BCUT2D eigenvalue weighted by Crippen LogP contribution is -2.32. The van der Waals surface area contributed by atoms with Crippen molar-refractivity contribution in [2.75, 3.05) is 39.1 Å². The monoisotopic (exact) mass is 250 g/mol. The molecule has 16 heavy (non-hydrogen) atoms. The normalized spacial score (nSPS) is 18.8. The van der Waals surface area contributed by atoms with Crippen LogP contribution in [0.25, 0.3) is 0 Å². The molecule has 0 unspecified atom stereocenters. The Morgan fingerprint density at radius 2 is 2.06 bits per heavy atom. The summed E-state index contributed by atoms with van der Waals surface area (Å²) in [5.41, 5.74) is 0. The minimum Gasteiger partial charge on any atom is -0.383 e. The van der Waals surface area contributed by atoms with E-state index in [4.69, 9.17) is 4.74 Å². The van der Waals surface area contributed by atoms with Gasteiger partial charge in [-0.2, -0.15) is 0 Å². The lowest BCUT2D eigenvalue weighted by Gasteiger charge is -2.22. The van der Waals surface area contributed by atoms with Gasteiger partial charge in [-0.1, -0.05) is 0 Å². The minimum atomic E-state index is -3.10. The van der Waals surface area contributed by atoms with Crippen molar-refractivity contribution < 1.29 is 13.2 Å². The summed E-state index contributed by atoms with van der Waals surface area (Å²) in [5.74, 6) is 0.793. The van der Waals surface area contributed by atoms with E-state index in [0.717, 1.165) is 32.4 Å². The van der Waals surface area contributed by atoms with Gasteiger partial charge in [-0.25, -0.2) is 13.1 Å². The van der Waals surface area contributed by atoms with Crippen molar-refractivity contribution in [3.05, 3.63) is 0 Å². The van der Waals surface area contributed by atoms with Gasteiger partial charge in [0.15, 0.2) is 0 Å². The van der Waals surface area contributed by atoms with Crippen molar-refractivity contribution in [3.8, 4) is 0 Å². The van der Waals surface area contributed by atoms with E-state index in [9.17, 15) is 8.42 Å². The topological polar surface area (TPSA) is 67.4 Å². The fraction of sp³-hybridized carbons (Fsp3) is 1.00. The Morgan fingerprint density at radius 1 is 1.38 bits per heavy atom. The van der Waals surface area contributed by atoms with E-state index < -0.39 is 10.0 Å². The third-order valence-corrected chi connectivity index (χ3v) is 4.30. The molecule has 0 atom stereocenters. The Labute approximate surface area is 98.0 Å². The highest BCUT2D eigenvalue weighted by Crippen LogP contribution is 2.16. The summed E-state index contributed by atoms with van der Waals surface area (Å²) < 4.78 is 30.5. The van der Waals surface area contributed by atoms with Gasteiger partial charge in [-0.05, 0) is 38.3 Å². The summed E-state index contributed by atoms with van der Waals surface area (Å²) in [4.78, 5) is 0. The Morgan fingerprint density at radius 3 is 2.69 bits per heavy atom. The Balaban J connectivity index is 2.18. The van der Waals surface area contributed by atoms with E-state index >= 15 is 0 Å². The predicted octanol–water partition coefficient (Wildman–Crippen LogP) is -0.0581. The van der Waals surface area contributed by atoms with Crippen molar-refractivity contribution in [1.82, 2.24) is 10.0 Å². The molecule has 0 amide bonds. The first-order chi connectivity index (χ1) is 7.64. The molecule has 6 heteroatoms. The molecule has 1 fully saturated rings. The second-order valence-electron chi connectivity index (χ2n) is 4.19. The van der Waals surface area contributed by atoms with Crippen LogP contribution in [0.4, 0.5) is 0 Å². The molecule has 1 rings (SSSR count). The first-order valence-electron chi connectivity index (χ1n) is 5.81. The van der Waals surface area contributed by atoms with Gasteiger partial charge in [0.2, 0.25) is 10.0 Å². The Kier molecular flexibility index (Phi) is 6.26. The van der Waals surface area contributed by atoms with Crippen molar-refractivity contribution in [1.29, 1.82) is 0 Å². The second kappa shape index (κ2) is 7.21. The molecule has 96 valence electrons. The van der Waals surface area contributed by atoms with Crippen LogP contribution in [0.15, 0.2) is 0 Å². The molecule has 0 aliphatic carbocycles. The van der Waals surface area contributed by atoms with Crippen LogP contribution >= 0.6 is 0 Å². The van der Waals surface area contributed by atoms with E-state index in [1.54, 1.807) is 7.11 Å². The van der Waals surface area contributed by atoms with Crippen LogP contribution in [0.1, 0.15) is 19.3 Å². The van der Waals surface area contributed by atoms with Crippen molar-refractivity contribution in [3.63, 3.8) is 0 Å². The van der Waals surface area contributed by atoms with Gasteiger partial charge in [0.05, 0.1) is 12.4 Å². The zero-order valence-electron chi connectivity index (χ0n) is 9.87. The summed E-state index contributed by atoms with van der Waals surface area (Å²) in [6.45, 7) is 2.82. The van der Waals surface area contributed by atoms with E-state index in [2.05, 4.69) is 10.0 Å². The SMILES string of the molecule is COCCNS(=O)(=O)CCC1CCNCC1. The van der Waals surface area contributed by atoms with Gasteiger partial charge < -0.3 is 10.1 Å². The summed E-state index contributed by atoms with van der Waals surface area (Å²) in [6.07, 6.45) is 2.95. The van der Waals surface area contributed by atoms with Gasteiger partial charge in [0.1, 0.15) is 0 Å². The van der Waals surface area contributed by atoms with Gasteiger partial charge in [0, 0.05) is 13.7 Å². The van der Waals surface area contributed by atoms with Crippen LogP contribution in [0.3, 0.4) is 0 Å². The molecule has 1 heterocycles. The van der Waals surface area contributed by atoms with Crippen LogP contribution < -0.4 is 10.0 Å². The lowest BCUT2D eigenvalue weighted by atomic mass is 9.96. The molecule has 0 spiro atoms. The van der Waals surface area contributed by atoms with Gasteiger partial charge in [0.25, 0.3) is 0 Å². The molecule has 0 saturated carbocycles. The molecular formula is C10H22N2O3S. The van der Waals surface area contributed by atoms with Gasteiger partial charge >= 0.3 is 0 Å². The average molecular weight is 250 g/mol. The van der Waals surface area contributed by atoms with Crippen LogP contribution in [0.5, 0.6) is 0 Å². The molecule has 0 aromatic heterocycles. The maximum absolute atomic E-state index is 11.6. The molecule has 5 nitrogen and oxygen atoms in total. The smallest absolute Gasteiger partial charge is 0.211 e. The summed E-state index contributed by atoms with van der Waals surface area (Å²) in [5, 5.41) is 3.27. The highest BCUT2D eigenvalue weighted by atomic mass is 32.2. The maximum atomic E-state index is 11.6. The zero-order chi connectivity index (χ0) is 11.9. The molecule has 0 radical (unpaired) electrons. The van der Waals surface area contributed by atoms with Crippen LogP contribution in [0, 0.1) is 5.92 Å². The summed E-state index contributed by atoms with van der Waals surface area (Å²) in [7, 11) is -1.54. The third kappa shape index (κ3) is 5.79. The number of nitrogens with one attached hydrogen (secondary N) is 2. The maximum Gasteiger partial charge on any atom is 0.211 e. The van der Waals surface area contributed by atoms with Gasteiger partial charge in [-0.3, -0.25) is 0 Å². The molecule has 1 aliphatic rings. The summed E-state index contributed by atoms with van der Waals surface area (Å²) in [6, 6.07) is 0. The molecule has 1 saturated heterocycles. The van der Waals surface area contributed by atoms with E-state index in [1.807, 2.05) is 0 Å². The molecule has 1 aliphatic heterocycles. The van der Waals surface area contributed by atoms with E-state index in [-0.39, 0.29) is 5.75 Å². The fourth-order valence-corrected chi connectivity index (χ4v) is 3.05. The average Bonchev–Trinajstić information content (AvgIpc) is 2.28. The number of rotatable bonds is 7.